The molecule has 0 bridgehead atoms. The van der Waals surface area contributed by atoms with Crippen LogP contribution in [0.3, 0.4) is 0 Å². The van der Waals surface area contributed by atoms with Crippen LogP contribution < -0.4 is 20.1 Å². The Hall–Kier alpha value is -2.80. The summed E-state index contributed by atoms with van der Waals surface area (Å²) in [6, 6.07) is 8.56. The third-order valence-corrected chi connectivity index (χ3v) is 3.50. The summed E-state index contributed by atoms with van der Waals surface area (Å²) < 4.78 is 15.9. The number of carbonyl (C=O) groups is 1. The van der Waals surface area contributed by atoms with Crippen LogP contribution in [0, 0.1) is 0 Å². The molecule has 0 fully saturated rings. The average Bonchev–Trinajstić information content (AvgIpc) is 2.62. The molecule has 0 radical (unpaired) electrons. The van der Waals surface area contributed by atoms with Gasteiger partial charge in [0.2, 0.25) is 0 Å². The van der Waals surface area contributed by atoms with E-state index in [0.29, 0.717) is 30.4 Å². The fourth-order valence-electron chi connectivity index (χ4n) is 2.19. The fraction of sp³-hybridized carbons (Fsp3) is 0.333. The number of benzene rings is 1. The summed E-state index contributed by atoms with van der Waals surface area (Å²) in [6.07, 6.45) is 3.23. The first-order valence-corrected chi connectivity index (χ1v) is 7.91. The molecule has 7 nitrogen and oxygen atoms in total. The normalized spacial score (nSPS) is 11.5. The zero-order valence-electron chi connectivity index (χ0n) is 14.6. The summed E-state index contributed by atoms with van der Waals surface area (Å²) in [5.74, 6) is 1.24. The van der Waals surface area contributed by atoms with Gasteiger partial charge in [-0.25, -0.2) is 4.79 Å². The monoisotopic (exact) mass is 345 g/mol. The average molecular weight is 345 g/mol. The molecule has 1 aromatic heterocycles. The van der Waals surface area contributed by atoms with Crippen molar-refractivity contribution in [1.29, 1.82) is 0 Å². The van der Waals surface area contributed by atoms with Gasteiger partial charge in [0.25, 0.3) is 0 Å². The van der Waals surface area contributed by atoms with E-state index in [1.165, 1.54) is 0 Å². The van der Waals surface area contributed by atoms with Crippen molar-refractivity contribution in [3.8, 4) is 11.5 Å². The number of ether oxygens (including phenoxy) is 3. The first-order valence-electron chi connectivity index (χ1n) is 7.91. The number of hydrogen-bond acceptors (Lipinski definition) is 5. The number of methoxy groups -OCH3 is 2. The highest BCUT2D eigenvalue weighted by atomic mass is 16.5. The molecule has 0 aliphatic carbocycles. The number of anilines is 1. The first-order chi connectivity index (χ1) is 12.1. The SMILES string of the molecule is COCCOc1ccc([C@H](C)NC(=O)Nc2cccnc2)cc1OC. The van der Waals surface area contributed by atoms with Crippen molar-refractivity contribution in [2.45, 2.75) is 13.0 Å². The van der Waals surface area contributed by atoms with Crippen LogP contribution in [-0.4, -0.2) is 38.4 Å². The molecular weight excluding hydrogens is 322 g/mol. The first kappa shape index (κ1) is 18.5. The van der Waals surface area contributed by atoms with Gasteiger partial charge in [0, 0.05) is 13.3 Å². The van der Waals surface area contributed by atoms with E-state index in [4.69, 9.17) is 14.2 Å². The summed E-state index contributed by atoms with van der Waals surface area (Å²) in [6.45, 7) is 2.83. The van der Waals surface area contributed by atoms with Crippen LogP contribution in [0.1, 0.15) is 18.5 Å². The number of nitrogens with one attached hydrogen (secondary N) is 2. The fourth-order valence-corrected chi connectivity index (χ4v) is 2.19. The molecule has 0 saturated heterocycles. The van der Waals surface area contributed by atoms with E-state index >= 15 is 0 Å². The van der Waals surface area contributed by atoms with Gasteiger partial charge in [-0.3, -0.25) is 4.98 Å². The van der Waals surface area contributed by atoms with Crippen molar-refractivity contribution >= 4 is 11.7 Å². The van der Waals surface area contributed by atoms with Crippen molar-refractivity contribution < 1.29 is 19.0 Å². The van der Waals surface area contributed by atoms with Crippen LogP contribution in [-0.2, 0) is 4.74 Å². The maximum atomic E-state index is 12.1. The lowest BCUT2D eigenvalue weighted by Gasteiger charge is -2.17. The molecule has 25 heavy (non-hydrogen) atoms. The second-order valence-electron chi connectivity index (χ2n) is 5.31. The molecule has 2 rings (SSSR count). The number of nitrogens with zero attached hydrogens (tertiary/aromatic N) is 1. The second kappa shape index (κ2) is 9.48. The number of hydrogen-bond donors (Lipinski definition) is 2. The van der Waals surface area contributed by atoms with Gasteiger partial charge in [0.1, 0.15) is 6.61 Å². The predicted molar refractivity (Wildman–Crippen MR) is 95.2 cm³/mol. The Kier molecular flexibility index (Phi) is 7.03. The van der Waals surface area contributed by atoms with Crippen LogP contribution in [0.5, 0.6) is 11.5 Å². The van der Waals surface area contributed by atoms with Gasteiger partial charge in [0.15, 0.2) is 11.5 Å². The van der Waals surface area contributed by atoms with Crippen molar-refractivity contribution in [3.63, 3.8) is 0 Å². The maximum Gasteiger partial charge on any atom is 0.319 e. The highest BCUT2D eigenvalue weighted by Gasteiger charge is 2.13. The van der Waals surface area contributed by atoms with Crippen molar-refractivity contribution in [2.75, 3.05) is 32.8 Å². The zero-order chi connectivity index (χ0) is 18.1. The van der Waals surface area contributed by atoms with E-state index in [0.717, 1.165) is 5.56 Å². The van der Waals surface area contributed by atoms with Gasteiger partial charge in [-0.1, -0.05) is 6.07 Å². The number of carbonyl (C=O) groups excluding carboxylic acids is 1. The maximum absolute atomic E-state index is 12.1. The molecule has 7 heteroatoms. The molecule has 0 saturated carbocycles. The number of amides is 2. The molecule has 0 unspecified atom stereocenters. The molecule has 134 valence electrons. The molecule has 2 aromatic rings. The largest absolute Gasteiger partial charge is 0.493 e. The Balaban J connectivity index is 1.98. The van der Waals surface area contributed by atoms with Crippen LogP contribution >= 0.6 is 0 Å². The molecule has 2 N–H and O–H groups in total. The highest BCUT2D eigenvalue weighted by Crippen LogP contribution is 2.30. The third kappa shape index (κ3) is 5.65. The van der Waals surface area contributed by atoms with E-state index in [1.807, 2.05) is 25.1 Å². The number of urea groups is 1. The minimum atomic E-state index is -0.306. The van der Waals surface area contributed by atoms with Crippen LogP contribution in [0.4, 0.5) is 10.5 Å². The van der Waals surface area contributed by atoms with E-state index < -0.39 is 0 Å². The van der Waals surface area contributed by atoms with Crippen LogP contribution in [0.25, 0.3) is 0 Å². The summed E-state index contributed by atoms with van der Waals surface area (Å²) >= 11 is 0. The lowest BCUT2D eigenvalue weighted by Crippen LogP contribution is -2.31. The Morgan fingerprint density at radius 1 is 1.20 bits per heavy atom. The molecule has 1 heterocycles. The molecular formula is C18H23N3O4. The van der Waals surface area contributed by atoms with Gasteiger partial charge < -0.3 is 24.8 Å². The third-order valence-electron chi connectivity index (χ3n) is 3.50. The molecule has 2 amide bonds. The molecule has 1 atom stereocenters. The van der Waals surface area contributed by atoms with E-state index in [2.05, 4.69) is 15.6 Å². The van der Waals surface area contributed by atoms with E-state index in [-0.39, 0.29) is 12.1 Å². The smallest absolute Gasteiger partial charge is 0.319 e. The van der Waals surface area contributed by atoms with Crippen LogP contribution in [0.15, 0.2) is 42.7 Å². The number of aromatic nitrogens is 1. The van der Waals surface area contributed by atoms with Crippen molar-refractivity contribution in [3.05, 3.63) is 48.3 Å². The van der Waals surface area contributed by atoms with Crippen molar-refractivity contribution in [2.24, 2.45) is 0 Å². The topological polar surface area (TPSA) is 81.7 Å². The van der Waals surface area contributed by atoms with E-state index in [9.17, 15) is 4.79 Å². The highest BCUT2D eigenvalue weighted by molar-refractivity contribution is 5.89. The second-order valence-corrected chi connectivity index (χ2v) is 5.31. The summed E-state index contributed by atoms with van der Waals surface area (Å²) in [5.41, 5.74) is 1.53. The molecule has 1 aromatic carbocycles. The van der Waals surface area contributed by atoms with Crippen LogP contribution in [0.2, 0.25) is 0 Å². The Morgan fingerprint density at radius 3 is 2.72 bits per heavy atom. The zero-order valence-corrected chi connectivity index (χ0v) is 14.6. The van der Waals surface area contributed by atoms with Gasteiger partial charge in [0.05, 0.1) is 31.6 Å². The Bertz CT molecular complexity index is 679. The van der Waals surface area contributed by atoms with E-state index in [1.54, 1.807) is 38.7 Å². The Labute approximate surface area is 147 Å². The van der Waals surface area contributed by atoms with Gasteiger partial charge in [-0.2, -0.15) is 0 Å². The minimum Gasteiger partial charge on any atom is -0.493 e. The lowest BCUT2D eigenvalue weighted by atomic mass is 10.1. The van der Waals surface area contributed by atoms with Gasteiger partial charge in [-0.05, 0) is 36.8 Å². The standard InChI is InChI=1S/C18H23N3O4/c1-13(20-18(22)21-15-5-4-8-19-12-15)14-6-7-16(17(11-14)24-3)25-10-9-23-2/h4-8,11-13H,9-10H2,1-3H3,(H2,20,21,22)/t13-/m0/s1. The quantitative estimate of drug-likeness (QED) is 0.719. The van der Waals surface area contributed by atoms with Crippen molar-refractivity contribution in [1.82, 2.24) is 10.3 Å². The molecule has 0 aliphatic rings. The predicted octanol–water partition coefficient (Wildman–Crippen LogP) is 3.00. The summed E-state index contributed by atoms with van der Waals surface area (Å²) in [5, 5.41) is 5.61. The van der Waals surface area contributed by atoms with Gasteiger partial charge >= 0.3 is 6.03 Å². The Morgan fingerprint density at radius 2 is 2.04 bits per heavy atom. The lowest BCUT2D eigenvalue weighted by molar-refractivity contribution is 0.144. The summed E-state index contributed by atoms with van der Waals surface area (Å²) in [4.78, 5) is 16.0. The van der Waals surface area contributed by atoms with Gasteiger partial charge in [-0.15, -0.1) is 0 Å². The number of pyridine rings is 1. The molecule has 0 aliphatic heterocycles. The number of rotatable bonds is 8. The summed E-state index contributed by atoms with van der Waals surface area (Å²) in [7, 11) is 3.20. The molecule has 0 spiro atoms. The minimum absolute atomic E-state index is 0.210.